The molecule has 2 amide bonds. The molecular weight excluding hydrogens is 380 g/mol. The quantitative estimate of drug-likeness (QED) is 0.569. The highest BCUT2D eigenvalue weighted by molar-refractivity contribution is 6.30. The summed E-state index contributed by atoms with van der Waals surface area (Å²) in [5.74, 6) is -1.76. The molecule has 2 aromatic rings. The molecule has 0 bridgehead atoms. The van der Waals surface area contributed by atoms with Crippen LogP contribution in [0.3, 0.4) is 0 Å². The lowest BCUT2D eigenvalue weighted by molar-refractivity contribution is -0.142. The number of carboxylic acids is 1. The van der Waals surface area contributed by atoms with Gasteiger partial charge in [-0.25, -0.2) is 4.79 Å². The minimum absolute atomic E-state index is 0.145. The summed E-state index contributed by atoms with van der Waals surface area (Å²) in [5, 5.41) is 10.2. The number of aliphatic imine (C=N–C) groups is 1. The summed E-state index contributed by atoms with van der Waals surface area (Å²) in [6, 6.07) is 13.5. The lowest BCUT2D eigenvalue weighted by Crippen LogP contribution is -2.36. The minimum atomic E-state index is -1.36. The summed E-state index contributed by atoms with van der Waals surface area (Å²) in [5.41, 5.74) is 0.138. The average molecular weight is 399 g/mol. The molecule has 0 saturated carbocycles. The number of hydrogen-bond donors (Lipinski definition) is 1. The number of halogens is 1. The highest BCUT2D eigenvalue weighted by Crippen LogP contribution is 2.24. The average Bonchev–Trinajstić information content (AvgIpc) is 2.92. The van der Waals surface area contributed by atoms with Crippen molar-refractivity contribution in [1.82, 2.24) is 4.90 Å². The predicted octanol–water partition coefficient (Wildman–Crippen LogP) is 3.68. The zero-order valence-corrected chi connectivity index (χ0v) is 16.0. The third-order valence-corrected chi connectivity index (χ3v) is 5.00. The largest absolute Gasteiger partial charge is 0.479 e. The van der Waals surface area contributed by atoms with Crippen molar-refractivity contribution in [3.05, 3.63) is 70.2 Å². The second kappa shape index (κ2) is 7.94. The molecule has 144 valence electrons. The van der Waals surface area contributed by atoms with Crippen molar-refractivity contribution in [2.75, 3.05) is 6.54 Å². The van der Waals surface area contributed by atoms with Gasteiger partial charge in [-0.2, -0.15) is 0 Å². The Morgan fingerprint density at radius 1 is 1.11 bits per heavy atom. The predicted molar refractivity (Wildman–Crippen MR) is 106 cm³/mol. The molecule has 0 aromatic heterocycles. The molecule has 6 nitrogen and oxygen atoms in total. The van der Waals surface area contributed by atoms with Crippen LogP contribution in [-0.4, -0.2) is 46.1 Å². The van der Waals surface area contributed by atoms with Gasteiger partial charge in [0, 0.05) is 17.8 Å². The first kappa shape index (κ1) is 19.8. The molecule has 3 rings (SSSR count). The van der Waals surface area contributed by atoms with Gasteiger partial charge in [0.05, 0.1) is 11.1 Å². The Labute approximate surface area is 167 Å². The highest BCUT2D eigenvalue weighted by Gasteiger charge is 2.36. The zero-order chi connectivity index (χ0) is 20.3. The first-order valence-corrected chi connectivity index (χ1v) is 9.19. The Morgan fingerprint density at radius 2 is 1.68 bits per heavy atom. The fourth-order valence-corrected chi connectivity index (χ4v) is 3.14. The third-order valence-electron chi connectivity index (χ3n) is 4.75. The lowest BCUT2D eigenvalue weighted by Gasteiger charge is -2.21. The van der Waals surface area contributed by atoms with Crippen LogP contribution in [-0.2, 0) is 4.79 Å². The SMILES string of the molecule is CC(CCCN1C(=O)c2ccccc2C1=O)(N=Cc1ccc(Cl)cc1)C(=O)O. The summed E-state index contributed by atoms with van der Waals surface area (Å²) >= 11 is 5.84. The maximum atomic E-state index is 12.4. The van der Waals surface area contributed by atoms with E-state index in [1.54, 1.807) is 48.5 Å². The number of carbonyl (C=O) groups excluding carboxylic acids is 2. The molecule has 1 heterocycles. The molecule has 1 N–H and O–H groups in total. The number of hydrogen-bond acceptors (Lipinski definition) is 4. The van der Waals surface area contributed by atoms with E-state index in [4.69, 9.17) is 11.6 Å². The molecule has 7 heteroatoms. The molecular formula is C21H19ClN2O4. The molecule has 0 spiro atoms. The summed E-state index contributed by atoms with van der Waals surface area (Å²) in [6.45, 7) is 1.66. The Bertz CT molecular complexity index is 920. The second-order valence-electron chi connectivity index (χ2n) is 6.80. The third kappa shape index (κ3) is 3.97. The molecule has 1 unspecified atom stereocenters. The molecule has 1 aliphatic heterocycles. The zero-order valence-electron chi connectivity index (χ0n) is 15.3. The number of aliphatic carboxylic acids is 1. The molecule has 1 atom stereocenters. The van der Waals surface area contributed by atoms with E-state index < -0.39 is 11.5 Å². The molecule has 28 heavy (non-hydrogen) atoms. The van der Waals surface area contributed by atoms with Crippen LogP contribution in [0.2, 0.25) is 5.02 Å². The second-order valence-corrected chi connectivity index (χ2v) is 7.24. The van der Waals surface area contributed by atoms with Crippen LogP contribution < -0.4 is 0 Å². The van der Waals surface area contributed by atoms with Crippen molar-refractivity contribution < 1.29 is 19.5 Å². The number of amides is 2. The maximum absolute atomic E-state index is 12.4. The van der Waals surface area contributed by atoms with Gasteiger partial charge in [0.1, 0.15) is 0 Å². The normalized spacial score (nSPS) is 15.7. The molecule has 0 fully saturated rings. The topological polar surface area (TPSA) is 87.0 Å². The highest BCUT2D eigenvalue weighted by atomic mass is 35.5. The Kier molecular flexibility index (Phi) is 5.61. The Balaban J connectivity index is 1.66. The van der Waals surface area contributed by atoms with Gasteiger partial charge >= 0.3 is 5.97 Å². The van der Waals surface area contributed by atoms with Crippen molar-refractivity contribution in [2.24, 2.45) is 4.99 Å². The van der Waals surface area contributed by atoms with E-state index in [0.717, 1.165) is 10.5 Å². The van der Waals surface area contributed by atoms with Gasteiger partial charge in [0.15, 0.2) is 5.54 Å². The molecule has 0 aliphatic carbocycles. The van der Waals surface area contributed by atoms with Crippen molar-refractivity contribution in [2.45, 2.75) is 25.3 Å². The monoisotopic (exact) mass is 398 g/mol. The van der Waals surface area contributed by atoms with E-state index in [2.05, 4.69) is 4.99 Å². The van der Waals surface area contributed by atoms with Crippen LogP contribution in [0.1, 0.15) is 46.0 Å². The summed E-state index contributed by atoms with van der Waals surface area (Å²) in [6.07, 6.45) is 2.00. The van der Waals surface area contributed by atoms with E-state index in [1.165, 1.54) is 13.1 Å². The van der Waals surface area contributed by atoms with Crippen LogP contribution in [0.15, 0.2) is 53.5 Å². The number of rotatable bonds is 7. The van der Waals surface area contributed by atoms with Crippen molar-refractivity contribution in [1.29, 1.82) is 0 Å². The van der Waals surface area contributed by atoms with Crippen molar-refractivity contribution >= 4 is 35.6 Å². The van der Waals surface area contributed by atoms with Gasteiger partial charge in [-0.1, -0.05) is 35.9 Å². The van der Waals surface area contributed by atoms with Gasteiger partial charge in [0.2, 0.25) is 0 Å². The number of benzene rings is 2. The Morgan fingerprint density at radius 3 is 2.21 bits per heavy atom. The summed E-state index contributed by atoms with van der Waals surface area (Å²) in [4.78, 5) is 41.9. The van der Waals surface area contributed by atoms with E-state index in [9.17, 15) is 19.5 Å². The van der Waals surface area contributed by atoms with Gasteiger partial charge in [-0.3, -0.25) is 19.5 Å². The lowest BCUT2D eigenvalue weighted by atomic mass is 9.96. The maximum Gasteiger partial charge on any atom is 0.331 e. The summed E-state index contributed by atoms with van der Waals surface area (Å²) in [7, 11) is 0. The first-order chi connectivity index (χ1) is 13.3. The van der Waals surface area contributed by atoms with Crippen LogP contribution in [0, 0.1) is 0 Å². The van der Waals surface area contributed by atoms with Crippen LogP contribution in [0.4, 0.5) is 0 Å². The number of carbonyl (C=O) groups is 3. The molecule has 0 saturated heterocycles. The fourth-order valence-electron chi connectivity index (χ4n) is 3.02. The first-order valence-electron chi connectivity index (χ1n) is 8.81. The number of imide groups is 1. The molecule has 2 aromatic carbocycles. The number of nitrogens with zero attached hydrogens (tertiary/aromatic N) is 2. The fraction of sp³-hybridized carbons (Fsp3) is 0.238. The molecule has 1 aliphatic rings. The van der Waals surface area contributed by atoms with Crippen LogP contribution in [0.5, 0.6) is 0 Å². The van der Waals surface area contributed by atoms with E-state index in [-0.39, 0.29) is 24.8 Å². The van der Waals surface area contributed by atoms with Gasteiger partial charge in [-0.15, -0.1) is 0 Å². The van der Waals surface area contributed by atoms with E-state index in [1.807, 2.05) is 0 Å². The van der Waals surface area contributed by atoms with Gasteiger partial charge in [-0.05, 0) is 49.6 Å². The molecule has 0 radical (unpaired) electrons. The van der Waals surface area contributed by atoms with E-state index in [0.29, 0.717) is 22.6 Å². The van der Waals surface area contributed by atoms with Crippen molar-refractivity contribution in [3.63, 3.8) is 0 Å². The minimum Gasteiger partial charge on any atom is -0.479 e. The van der Waals surface area contributed by atoms with Crippen molar-refractivity contribution in [3.8, 4) is 0 Å². The van der Waals surface area contributed by atoms with Gasteiger partial charge in [0.25, 0.3) is 11.8 Å². The summed E-state index contributed by atoms with van der Waals surface area (Å²) < 4.78 is 0. The smallest absolute Gasteiger partial charge is 0.331 e. The van der Waals surface area contributed by atoms with Crippen LogP contribution in [0.25, 0.3) is 0 Å². The number of fused-ring (bicyclic) bond motifs is 1. The van der Waals surface area contributed by atoms with Gasteiger partial charge < -0.3 is 5.11 Å². The number of carboxylic acid groups (broad SMARTS) is 1. The standard InChI is InChI=1S/C21H19ClN2O4/c1-21(20(27)28,23-13-14-7-9-15(22)10-8-14)11-4-12-24-18(25)16-5-2-3-6-17(16)19(24)26/h2-3,5-10,13H,4,11-12H2,1H3,(H,27,28). The van der Waals surface area contributed by atoms with Crippen LogP contribution >= 0.6 is 11.6 Å². The Hall–Kier alpha value is -2.99. The van der Waals surface area contributed by atoms with E-state index >= 15 is 0 Å².